The number of benzene rings is 1. The van der Waals surface area contributed by atoms with Gasteiger partial charge in [-0.3, -0.25) is 4.79 Å². The van der Waals surface area contributed by atoms with Gasteiger partial charge in [0, 0.05) is 5.56 Å². The minimum Gasteiger partial charge on any atom is -0.493 e. The Morgan fingerprint density at radius 3 is 2.57 bits per heavy atom. The van der Waals surface area contributed by atoms with Gasteiger partial charge >= 0.3 is 0 Å². The van der Waals surface area contributed by atoms with Gasteiger partial charge in [0.1, 0.15) is 5.37 Å². The normalized spacial score (nSPS) is 17.5. The van der Waals surface area contributed by atoms with Gasteiger partial charge in [-0.15, -0.1) is 18.2 Å². The lowest BCUT2D eigenvalue weighted by Gasteiger charge is -2.25. The van der Waals surface area contributed by atoms with E-state index in [0.29, 0.717) is 23.0 Å². The van der Waals surface area contributed by atoms with E-state index in [1.54, 1.807) is 32.3 Å². The number of hydrogen-bond acceptors (Lipinski definition) is 5. The van der Waals surface area contributed by atoms with E-state index in [9.17, 15) is 4.79 Å². The van der Waals surface area contributed by atoms with Crippen LogP contribution in [0.4, 0.5) is 0 Å². The van der Waals surface area contributed by atoms with Crippen molar-refractivity contribution in [3.8, 4) is 29.6 Å². The maximum atomic E-state index is 11.9. The fourth-order valence-electron chi connectivity index (χ4n) is 2.30. The molecule has 1 fully saturated rings. The molecule has 112 valence electrons. The summed E-state index contributed by atoms with van der Waals surface area (Å²) in [7, 11) is 4.68. The molecule has 0 bridgehead atoms. The van der Waals surface area contributed by atoms with Crippen LogP contribution in [-0.4, -0.2) is 44.4 Å². The quantitative estimate of drug-likeness (QED) is 0.778. The molecule has 5 nitrogen and oxygen atoms in total. The Morgan fingerprint density at radius 1 is 1.29 bits per heavy atom. The zero-order valence-corrected chi connectivity index (χ0v) is 13.0. The van der Waals surface area contributed by atoms with Crippen LogP contribution in [0.15, 0.2) is 12.1 Å². The van der Waals surface area contributed by atoms with E-state index in [0.717, 1.165) is 5.56 Å². The van der Waals surface area contributed by atoms with E-state index in [-0.39, 0.29) is 17.8 Å². The number of carbonyl (C=O) groups excluding carboxylic acids is 1. The third kappa shape index (κ3) is 2.74. The van der Waals surface area contributed by atoms with Crippen molar-refractivity contribution in [2.24, 2.45) is 0 Å². The van der Waals surface area contributed by atoms with Crippen molar-refractivity contribution in [3.63, 3.8) is 0 Å². The number of hydrogen-bond donors (Lipinski definition) is 0. The smallest absolute Gasteiger partial charge is 0.234 e. The van der Waals surface area contributed by atoms with Crippen LogP contribution < -0.4 is 14.2 Å². The van der Waals surface area contributed by atoms with Crippen molar-refractivity contribution in [2.75, 3.05) is 33.6 Å². The molecular weight excluding hydrogens is 290 g/mol. The first-order valence-corrected chi connectivity index (χ1v) is 7.36. The Labute approximate surface area is 128 Å². The third-order valence-electron chi connectivity index (χ3n) is 3.23. The average molecular weight is 307 g/mol. The highest BCUT2D eigenvalue weighted by molar-refractivity contribution is 8.00. The first kappa shape index (κ1) is 15.4. The van der Waals surface area contributed by atoms with Gasteiger partial charge < -0.3 is 19.1 Å². The van der Waals surface area contributed by atoms with Crippen molar-refractivity contribution in [3.05, 3.63) is 17.7 Å². The van der Waals surface area contributed by atoms with Crippen LogP contribution in [0.5, 0.6) is 17.2 Å². The number of thioether (sulfide) groups is 1. The molecule has 1 aromatic rings. The molecule has 0 spiro atoms. The van der Waals surface area contributed by atoms with Gasteiger partial charge in [-0.05, 0) is 12.1 Å². The molecule has 21 heavy (non-hydrogen) atoms. The Bertz CT molecular complexity index is 582. The molecule has 0 saturated carbocycles. The van der Waals surface area contributed by atoms with Crippen molar-refractivity contribution in [1.29, 1.82) is 0 Å². The van der Waals surface area contributed by atoms with Gasteiger partial charge in [0.05, 0.1) is 33.6 Å². The molecule has 0 radical (unpaired) electrons. The minimum absolute atomic E-state index is 0.0276. The van der Waals surface area contributed by atoms with E-state index in [1.807, 2.05) is 6.07 Å². The van der Waals surface area contributed by atoms with Gasteiger partial charge in [0.2, 0.25) is 11.7 Å². The second-order valence-electron chi connectivity index (χ2n) is 4.31. The van der Waals surface area contributed by atoms with E-state index in [2.05, 4.69) is 5.92 Å². The van der Waals surface area contributed by atoms with Gasteiger partial charge in [0.15, 0.2) is 11.5 Å². The number of terminal acetylenes is 1. The Balaban J connectivity index is 2.49. The Hall–Kier alpha value is -2.00. The Morgan fingerprint density at radius 2 is 2.00 bits per heavy atom. The highest BCUT2D eigenvalue weighted by Gasteiger charge is 2.35. The molecule has 1 aliphatic heterocycles. The highest BCUT2D eigenvalue weighted by atomic mass is 32.2. The SMILES string of the molecule is C#CCN1C(=O)CSC1c1ccc(OC)c(OC)c1OC. The molecule has 2 rings (SSSR count). The van der Waals surface area contributed by atoms with E-state index >= 15 is 0 Å². The number of methoxy groups -OCH3 is 3. The molecule has 0 aliphatic carbocycles. The predicted octanol–water partition coefficient (Wildman–Crippen LogP) is 1.92. The number of ether oxygens (including phenoxy) is 3. The summed E-state index contributed by atoms with van der Waals surface area (Å²) in [5.74, 6) is 4.61. The summed E-state index contributed by atoms with van der Waals surface area (Å²) in [5, 5.41) is -0.177. The third-order valence-corrected chi connectivity index (χ3v) is 4.47. The lowest BCUT2D eigenvalue weighted by atomic mass is 10.1. The molecule has 1 saturated heterocycles. The average Bonchev–Trinajstić information content (AvgIpc) is 2.87. The molecule has 1 amide bonds. The van der Waals surface area contributed by atoms with Gasteiger partial charge in [0.25, 0.3) is 0 Å². The maximum absolute atomic E-state index is 11.9. The van der Waals surface area contributed by atoms with E-state index in [4.69, 9.17) is 20.6 Å². The van der Waals surface area contributed by atoms with Crippen LogP contribution in [0.3, 0.4) is 0 Å². The fraction of sp³-hybridized carbons (Fsp3) is 0.400. The molecule has 1 unspecified atom stereocenters. The summed E-state index contributed by atoms with van der Waals surface area (Å²) >= 11 is 1.52. The minimum atomic E-state index is -0.177. The fourth-order valence-corrected chi connectivity index (χ4v) is 3.50. The standard InChI is InChI=1S/C15H17NO4S/c1-5-8-16-12(17)9-21-15(16)10-6-7-11(18-2)14(20-4)13(10)19-3/h1,6-7,15H,8-9H2,2-4H3. The highest BCUT2D eigenvalue weighted by Crippen LogP contribution is 2.48. The lowest BCUT2D eigenvalue weighted by Crippen LogP contribution is -2.28. The molecule has 6 heteroatoms. The monoisotopic (exact) mass is 307 g/mol. The van der Waals surface area contributed by atoms with Crippen LogP contribution in [0.1, 0.15) is 10.9 Å². The number of rotatable bonds is 5. The Kier molecular flexibility index (Phi) is 4.86. The molecule has 1 heterocycles. The summed E-state index contributed by atoms with van der Waals surface area (Å²) in [6.07, 6.45) is 5.35. The van der Waals surface area contributed by atoms with Crippen LogP contribution >= 0.6 is 11.8 Å². The largest absolute Gasteiger partial charge is 0.493 e. The predicted molar refractivity (Wildman–Crippen MR) is 81.8 cm³/mol. The molecule has 0 N–H and O–H groups in total. The summed E-state index contributed by atoms with van der Waals surface area (Å²) in [6, 6.07) is 3.67. The van der Waals surface area contributed by atoms with Crippen LogP contribution in [-0.2, 0) is 4.79 Å². The number of nitrogens with zero attached hydrogens (tertiary/aromatic N) is 1. The van der Waals surface area contributed by atoms with Gasteiger partial charge in [-0.25, -0.2) is 0 Å². The van der Waals surface area contributed by atoms with Crippen LogP contribution in [0, 0.1) is 12.3 Å². The molecule has 1 aliphatic rings. The van der Waals surface area contributed by atoms with Crippen molar-refractivity contribution in [2.45, 2.75) is 5.37 Å². The molecule has 1 aromatic carbocycles. The summed E-state index contributed by atoms with van der Waals surface area (Å²) in [6.45, 7) is 0.272. The van der Waals surface area contributed by atoms with Crippen LogP contribution in [0.25, 0.3) is 0 Å². The summed E-state index contributed by atoms with van der Waals surface area (Å²) in [4.78, 5) is 13.6. The van der Waals surface area contributed by atoms with E-state index < -0.39 is 0 Å². The molecule has 0 aromatic heterocycles. The van der Waals surface area contributed by atoms with Gasteiger partial charge in [-0.1, -0.05) is 5.92 Å². The topological polar surface area (TPSA) is 48.0 Å². The second kappa shape index (κ2) is 6.64. The number of amides is 1. The summed E-state index contributed by atoms with van der Waals surface area (Å²) in [5.41, 5.74) is 0.848. The zero-order chi connectivity index (χ0) is 15.4. The van der Waals surface area contributed by atoms with Crippen molar-refractivity contribution in [1.82, 2.24) is 4.90 Å². The second-order valence-corrected chi connectivity index (χ2v) is 5.38. The molecule has 1 atom stereocenters. The first-order valence-electron chi connectivity index (χ1n) is 6.31. The summed E-state index contributed by atoms with van der Waals surface area (Å²) < 4.78 is 16.1. The number of carbonyl (C=O) groups is 1. The first-order chi connectivity index (χ1) is 10.2. The maximum Gasteiger partial charge on any atom is 0.234 e. The van der Waals surface area contributed by atoms with Gasteiger partial charge in [-0.2, -0.15) is 0 Å². The lowest BCUT2D eigenvalue weighted by molar-refractivity contribution is -0.127. The van der Waals surface area contributed by atoms with E-state index in [1.165, 1.54) is 11.8 Å². The van der Waals surface area contributed by atoms with Crippen molar-refractivity contribution >= 4 is 17.7 Å². The van der Waals surface area contributed by atoms with Crippen molar-refractivity contribution < 1.29 is 19.0 Å². The van der Waals surface area contributed by atoms with Crippen LogP contribution in [0.2, 0.25) is 0 Å². The molecular formula is C15H17NO4S. The zero-order valence-electron chi connectivity index (χ0n) is 12.2.